The maximum Gasteiger partial charge on any atom is 0.304 e. The van der Waals surface area contributed by atoms with E-state index >= 15 is 0 Å². The Bertz CT molecular complexity index is 143. The van der Waals surface area contributed by atoms with Gasteiger partial charge in [-0.15, -0.1) is 0 Å². The standard InChI is InChI=1S/C7H14N2O2/c1-6(5-7(10)11)9-4-2-3-8-9/h6,8H,2-5H2,1H3,(H,10,11). The molecule has 11 heavy (non-hydrogen) atoms. The second kappa shape index (κ2) is 3.69. The van der Waals surface area contributed by atoms with Crippen molar-refractivity contribution in [1.29, 1.82) is 0 Å². The van der Waals surface area contributed by atoms with Crippen molar-refractivity contribution >= 4 is 5.97 Å². The summed E-state index contributed by atoms with van der Waals surface area (Å²) in [4.78, 5) is 10.3. The molecule has 1 rings (SSSR count). The van der Waals surface area contributed by atoms with Gasteiger partial charge in [-0.05, 0) is 13.3 Å². The topological polar surface area (TPSA) is 52.6 Å². The fraction of sp³-hybridized carbons (Fsp3) is 0.857. The van der Waals surface area contributed by atoms with Gasteiger partial charge < -0.3 is 5.11 Å². The van der Waals surface area contributed by atoms with Gasteiger partial charge in [0, 0.05) is 19.1 Å². The summed E-state index contributed by atoms with van der Waals surface area (Å²) < 4.78 is 0. The van der Waals surface area contributed by atoms with E-state index in [2.05, 4.69) is 5.43 Å². The van der Waals surface area contributed by atoms with E-state index in [-0.39, 0.29) is 12.5 Å². The Hall–Kier alpha value is -0.610. The monoisotopic (exact) mass is 158 g/mol. The number of nitrogens with one attached hydrogen (secondary N) is 1. The van der Waals surface area contributed by atoms with Crippen LogP contribution in [0, 0.1) is 0 Å². The van der Waals surface area contributed by atoms with Crippen molar-refractivity contribution in [3.05, 3.63) is 0 Å². The van der Waals surface area contributed by atoms with Crippen LogP contribution in [-0.2, 0) is 4.79 Å². The van der Waals surface area contributed by atoms with Gasteiger partial charge in [0.15, 0.2) is 0 Å². The van der Waals surface area contributed by atoms with Crippen molar-refractivity contribution in [3.8, 4) is 0 Å². The minimum Gasteiger partial charge on any atom is -0.481 e. The molecule has 1 atom stereocenters. The highest BCUT2D eigenvalue weighted by atomic mass is 16.4. The lowest BCUT2D eigenvalue weighted by Crippen LogP contribution is -2.39. The summed E-state index contributed by atoms with van der Waals surface area (Å²) in [6, 6.07) is 0.106. The number of hydrogen-bond donors (Lipinski definition) is 2. The lowest BCUT2D eigenvalue weighted by Gasteiger charge is -2.21. The van der Waals surface area contributed by atoms with Crippen molar-refractivity contribution < 1.29 is 9.90 Å². The molecular formula is C7H14N2O2. The SMILES string of the molecule is CC(CC(=O)O)N1CCCN1. The van der Waals surface area contributed by atoms with Crippen LogP contribution < -0.4 is 5.43 Å². The Labute approximate surface area is 66.2 Å². The molecule has 1 saturated heterocycles. The zero-order valence-corrected chi connectivity index (χ0v) is 6.71. The molecule has 0 spiro atoms. The molecule has 1 aliphatic rings. The van der Waals surface area contributed by atoms with Crippen molar-refractivity contribution in [2.24, 2.45) is 0 Å². The number of aliphatic carboxylic acids is 1. The van der Waals surface area contributed by atoms with Gasteiger partial charge in [-0.25, -0.2) is 5.01 Å². The molecule has 0 bridgehead atoms. The number of rotatable bonds is 3. The molecule has 1 heterocycles. The minimum atomic E-state index is -0.730. The third kappa shape index (κ3) is 2.48. The zero-order valence-electron chi connectivity index (χ0n) is 6.71. The van der Waals surface area contributed by atoms with E-state index in [9.17, 15) is 4.79 Å². The van der Waals surface area contributed by atoms with Gasteiger partial charge in [-0.2, -0.15) is 0 Å². The first-order valence-corrected chi connectivity index (χ1v) is 3.92. The van der Waals surface area contributed by atoms with Crippen molar-refractivity contribution in [1.82, 2.24) is 10.4 Å². The number of hydrazine groups is 1. The molecule has 1 aliphatic heterocycles. The predicted molar refractivity (Wildman–Crippen MR) is 41.0 cm³/mol. The maximum absolute atomic E-state index is 10.3. The van der Waals surface area contributed by atoms with E-state index in [0.29, 0.717) is 0 Å². The highest BCUT2D eigenvalue weighted by Crippen LogP contribution is 2.05. The molecule has 0 radical (unpaired) electrons. The van der Waals surface area contributed by atoms with Crippen LogP contribution in [0.25, 0.3) is 0 Å². The second-order valence-corrected chi connectivity index (χ2v) is 2.90. The van der Waals surface area contributed by atoms with Gasteiger partial charge in [-0.3, -0.25) is 10.2 Å². The number of nitrogens with zero attached hydrogens (tertiary/aromatic N) is 1. The van der Waals surface area contributed by atoms with Crippen molar-refractivity contribution in [2.75, 3.05) is 13.1 Å². The third-order valence-corrected chi connectivity index (χ3v) is 1.89. The van der Waals surface area contributed by atoms with Gasteiger partial charge >= 0.3 is 5.97 Å². The number of carbonyl (C=O) groups is 1. The quantitative estimate of drug-likeness (QED) is 0.610. The molecule has 4 nitrogen and oxygen atoms in total. The van der Waals surface area contributed by atoms with Gasteiger partial charge in [-0.1, -0.05) is 0 Å². The van der Waals surface area contributed by atoms with Gasteiger partial charge in [0.05, 0.1) is 6.42 Å². The predicted octanol–water partition coefficient (Wildman–Crippen LogP) is 0.0599. The number of carboxylic acid groups (broad SMARTS) is 1. The summed E-state index contributed by atoms with van der Waals surface area (Å²) in [6.07, 6.45) is 1.33. The first-order chi connectivity index (χ1) is 5.20. The molecular weight excluding hydrogens is 144 g/mol. The van der Waals surface area contributed by atoms with Crippen LogP contribution in [0.4, 0.5) is 0 Å². The Morgan fingerprint density at radius 2 is 2.55 bits per heavy atom. The molecule has 2 N–H and O–H groups in total. The first-order valence-electron chi connectivity index (χ1n) is 3.92. The molecule has 0 saturated carbocycles. The van der Waals surface area contributed by atoms with Crippen LogP contribution in [0.2, 0.25) is 0 Å². The van der Waals surface area contributed by atoms with Gasteiger partial charge in [0.1, 0.15) is 0 Å². The highest BCUT2D eigenvalue weighted by Gasteiger charge is 2.19. The molecule has 0 aromatic rings. The average molecular weight is 158 g/mol. The lowest BCUT2D eigenvalue weighted by atomic mass is 10.2. The zero-order chi connectivity index (χ0) is 8.27. The van der Waals surface area contributed by atoms with E-state index in [0.717, 1.165) is 19.5 Å². The molecule has 1 unspecified atom stereocenters. The van der Waals surface area contributed by atoms with E-state index in [4.69, 9.17) is 5.11 Å². The van der Waals surface area contributed by atoms with Crippen molar-refractivity contribution in [2.45, 2.75) is 25.8 Å². The summed E-state index contributed by atoms with van der Waals surface area (Å²) >= 11 is 0. The first kappa shape index (κ1) is 8.49. The van der Waals surface area contributed by atoms with Crippen LogP contribution in [-0.4, -0.2) is 35.2 Å². The Morgan fingerprint density at radius 3 is 3.00 bits per heavy atom. The van der Waals surface area contributed by atoms with Crippen LogP contribution in [0.1, 0.15) is 19.8 Å². The van der Waals surface area contributed by atoms with Gasteiger partial charge in [0.25, 0.3) is 0 Å². The van der Waals surface area contributed by atoms with Crippen LogP contribution >= 0.6 is 0 Å². The highest BCUT2D eigenvalue weighted by molar-refractivity contribution is 5.67. The Balaban J connectivity index is 2.28. The van der Waals surface area contributed by atoms with Crippen LogP contribution in [0.5, 0.6) is 0 Å². The van der Waals surface area contributed by atoms with Crippen LogP contribution in [0.3, 0.4) is 0 Å². The maximum atomic E-state index is 10.3. The number of carboxylic acids is 1. The summed E-state index contributed by atoms with van der Waals surface area (Å²) in [6.45, 7) is 3.87. The van der Waals surface area contributed by atoms with E-state index in [1.165, 1.54) is 0 Å². The van der Waals surface area contributed by atoms with E-state index < -0.39 is 5.97 Å². The molecule has 0 amide bonds. The number of hydrogen-bond acceptors (Lipinski definition) is 3. The molecule has 64 valence electrons. The molecule has 1 fully saturated rings. The largest absolute Gasteiger partial charge is 0.481 e. The summed E-state index contributed by atoms with van der Waals surface area (Å²) in [5.74, 6) is -0.730. The minimum absolute atomic E-state index is 0.106. The Kier molecular flexibility index (Phi) is 2.84. The third-order valence-electron chi connectivity index (χ3n) is 1.89. The fourth-order valence-electron chi connectivity index (χ4n) is 1.29. The van der Waals surface area contributed by atoms with Crippen molar-refractivity contribution in [3.63, 3.8) is 0 Å². The smallest absolute Gasteiger partial charge is 0.304 e. The molecule has 4 heteroatoms. The average Bonchev–Trinajstić information content (AvgIpc) is 2.35. The van der Waals surface area contributed by atoms with Crippen LogP contribution in [0.15, 0.2) is 0 Å². The molecule has 0 aromatic heterocycles. The summed E-state index contributed by atoms with van der Waals surface area (Å²) in [5, 5.41) is 10.5. The Morgan fingerprint density at radius 1 is 1.82 bits per heavy atom. The molecule has 0 aliphatic carbocycles. The summed E-state index contributed by atoms with van der Waals surface area (Å²) in [5.41, 5.74) is 3.13. The fourth-order valence-corrected chi connectivity index (χ4v) is 1.29. The second-order valence-electron chi connectivity index (χ2n) is 2.90. The normalized spacial score (nSPS) is 21.9. The van der Waals surface area contributed by atoms with Gasteiger partial charge in [0.2, 0.25) is 0 Å². The molecule has 0 aromatic carbocycles. The summed E-state index contributed by atoms with van der Waals surface area (Å²) in [7, 11) is 0. The van der Waals surface area contributed by atoms with E-state index in [1.807, 2.05) is 11.9 Å². The van der Waals surface area contributed by atoms with E-state index in [1.54, 1.807) is 0 Å². The lowest BCUT2D eigenvalue weighted by molar-refractivity contribution is -0.138.